The van der Waals surface area contributed by atoms with Crippen molar-refractivity contribution in [3.8, 4) is 0 Å². The van der Waals surface area contributed by atoms with Gasteiger partial charge in [0, 0.05) is 109 Å². The van der Waals surface area contributed by atoms with E-state index < -0.39 is 24.4 Å². The minimum atomic E-state index is -0.570. The Balaban J connectivity index is 2.49. The van der Waals surface area contributed by atoms with Gasteiger partial charge in [-0.2, -0.15) is 0 Å². The van der Waals surface area contributed by atoms with Crippen LogP contribution in [0.25, 0.3) is 0 Å². The van der Waals surface area contributed by atoms with Crippen LogP contribution in [0.1, 0.15) is 253 Å². The second kappa shape index (κ2) is 59.5. The van der Waals surface area contributed by atoms with E-state index in [0.717, 1.165) is 198 Å². The van der Waals surface area contributed by atoms with E-state index in [-0.39, 0.29) is 36.3 Å². The molecule has 4 atom stereocenters. The summed E-state index contributed by atoms with van der Waals surface area (Å²) in [6.45, 7) is 23.5. The van der Waals surface area contributed by atoms with E-state index >= 15 is 0 Å². The summed E-state index contributed by atoms with van der Waals surface area (Å²) in [5.74, 6) is 2.09. The van der Waals surface area contributed by atoms with Gasteiger partial charge in [-0.15, -0.1) is 0 Å². The molecule has 1 aliphatic rings. The van der Waals surface area contributed by atoms with Gasteiger partial charge in [0.15, 0.2) is 0 Å². The van der Waals surface area contributed by atoms with E-state index in [4.69, 9.17) is 23.7 Å². The number of rotatable bonds is 63. The van der Waals surface area contributed by atoms with Crippen LogP contribution in [-0.2, 0) is 47.7 Å². The summed E-state index contributed by atoms with van der Waals surface area (Å²) in [6, 6.07) is 0. The van der Waals surface area contributed by atoms with Crippen molar-refractivity contribution >= 4 is 51.4 Å². The van der Waals surface area contributed by atoms with E-state index in [0.29, 0.717) is 142 Å². The summed E-state index contributed by atoms with van der Waals surface area (Å²) in [7, 11) is 3.78. The molecule has 1 aliphatic heterocycles. The number of ether oxygens (including phenoxy) is 5. The highest BCUT2D eigenvalue weighted by atomic mass is 33.1. The highest BCUT2D eigenvalue weighted by molar-refractivity contribution is 8.76. The number of aliphatic hydroxyl groups excluding tert-OH is 4. The van der Waals surface area contributed by atoms with Gasteiger partial charge in [0.2, 0.25) is 0 Å². The molecular formula is C69H132N4O14S2. The molecule has 1 saturated heterocycles. The highest BCUT2D eigenvalue weighted by Crippen LogP contribution is 2.23. The van der Waals surface area contributed by atoms with Crippen molar-refractivity contribution in [2.24, 2.45) is 11.8 Å². The zero-order chi connectivity index (χ0) is 65.4. The van der Waals surface area contributed by atoms with E-state index in [1.54, 1.807) is 0 Å². The number of nitrogens with zero attached hydrogens (tertiary/aromatic N) is 4. The SMILES string of the molecule is CCCOC(=O)CCCCCCC(O)CN(CCCSSCCN1CCN(CCOC(=O)CCCN(CC(O)CCCCCCC(=O)OCC(CC)CC)CC(O)CCCCCCC(=O)OCC(CC)CC)CC1)CC(O)CCCCCCC(=O)OCCC. The third-order valence-electron chi connectivity index (χ3n) is 17.0. The fraction of sp³-hybridized carbons (Fsp3) is 0.928. The smallest absolute Gasteiger partial charge is 0.305 e. The minimum Gasteiger partial charge on any atom is -0.466 e. The van der Waals surface area contributed by atoms with Crippen molar-refractivity contribution in [2.45, 2.75) is 278 Å². The highest BCUT2D eigenvalue weighted by Gasteiger charge is 2.21. The lowest BCUT2D eigenvalue weighted by molar-refractivity contribution is -0.146. The van der Waals surface area contributed by atoms with Gasteiger partial charge in [-0.25, -0.2) is 0 Å². The Morgan fingerprint density at radius 3 is 1.03 bits per heavy atom. The maximum Gasteiger partial charge on any atom is 0.305 e. The van der Waals surface area contributed by atoms with Gasteiger partial charge in [-0.3, -0.25) is 43.6 Å². The molecule has 0 aromatic rings. The lowest BCUT2D eigenvalue weighted by atomic mass is 10.1. The van der Waals surface area contributed by atoms with Crippen LogP contribution >= 0.6 is 21.6 Å². The molecule has 0 aromatic carbocycles. The molecule has 1 rings (SSSR count). The summed E-state index contributed by atoms with van der Waals surface area (Å²) >= 11 is 0. The van der Waals surface area contributed by atoms with Gasteiger partial charge in [0.05, 0.1) is 50.8 Å². The molecule has 0 amide bonds. The Labute approximate surface area is 549 Å². The zero-order valence-corrected chi connectivity index (χ0v) is 58.8. The maximum atomic E-state index is 12.9. The molecule has 0 saturated carbocycles. The van der Waals surface area contributed by atoms with Gasteiger partial charge in [-0.05, 0) is 102 Å². The fourth-order valence-electron chi connectivity index (χ4n) is 10.9. The molecule has 0 aromatic heterocycles. The first-order valence-electron chi connectivity index (χ1n) is 35.8. The Morgan fingerprint density at radius 1 is 0.371 bits per heavy atom. The quantitative estimate of drug-likeness (QED) is 0.0192. The summed E-state index contributed by atoms with van der Waals surface area (Å²) in [5.41, 5.74) is 0. The van der Waals surface area contributed by atoms with Crippen molar-refractivity contribution in [3.63, 3.8) is 0 Å². The summed E-state index contributed by atoms with van der Waals surface area (Å²) in [6.07, 6.45) is 23.8. The Kier molecular flexibility index (Phi) is 56.6. The number of piperazine rings is 1. The second-order valence-electron chi connectivity index (χ2n) is 25.1. The predicted octanol–water partition coefficient (Wildman–Crippen LogP) is 12.0. The first kappa shape index (κ1) is 84.7. The summed E-state index contributed by atoms with van der Waals surface area (Å²) in [5, 5.41) is 44.3. The van der Waals surface area contributed by atoms with Crippen LogP contribution in [0.4, 0.5) is 0 Å². The number of esters is 5. The number of hydrogen-bond donors (Lipinski definition) is 4. The van der Waals surface area contributed by atoms with E-state index in [1.165, 1.54) is 0 Å². The average molecular weight is 1310 g/mol. The number of unbranched alkanes of at least 4 members (excludes halogenated alkanes) is 12. The molecule has 524 valence electrons. The molecule has 0 radical (unpaired) electrons. The Hall–Kier alpha value is -2.27. The Morgan fingerprint density at radius 2 is 0.674 bits per heavy atom. The fourth-order valence-corrected chi connectivity index (χ4v) is 13.0. The van der Waals surface area contributed by atoms with Crippen LogP contribution in [0.15, 0.2) is 0 Å². The van der Waals surface area contributed by atoms with Crippen molar-refractivity contribution in [1.29, 1.82) is 0 Å². The molecule has 1 fully saturated rings. The van der Waals surface area contributed by atoms with Gasteiger partial charge in [0.1, 0.15) is 6.61 Å². The average Bonchev–Trinajstić information content (AvgIpc) is 3.67. The number of aliphatic hydroxyl groups is 4. The Bertz CT molecular complexity index is 1610. The molecule has 20 heteroatoms. The van der Waals surface area contributed by atoms with Crippen LogP contribution in [0, 0.1) is 11.8 Å². The summed E-state index contributed by atoms with van der Waals surface area (Å²) in [4.78, 5) is 70.1. The molecule has 0 bridgehead atoms. The van der Waals surface area contributed by atoms with E-state index in [1.807, 2.05) is 35.4 Å². The number of carbonyl (C=O) groups excluding carboxylic acids is 5. The second-order valence-corrected chi connectivity index (χ2v) is 27.8. The van der Waals surface area contributed by atoms with Crippen molar-refractivity contribution in [1.82, 2.24) is 19.6 Å². The van der Waals surface area contributed by atoms with Crippen LogP contribution in [0.3, 0.4) is 0 Å². The maximum absolute atomic E-state index is 12.9. The van der Waals surface area contributed by atoms with Crippen LogP contribution < -0.4 is 0 Å². The topological polar surface area (TPSA) is 225 Å². The normalized spacial score (nSPS) is 14.6. The molecule has 0 aliphatic carbocycles. The van der Waals surface area contributed by atoms with Gasteiger partial charge in [-0.1, -0.05) is 166 Å². The first-order valence-corrected chi connectivity index (χ1v) is 38.3. The monoisotopic (exact) mass is 1300 g/mol. The third kappa shape index (κ3) is 51.8. The van der Waals surface area contributed by atoms with Crippen LogP contribution in [-0.4, -0.2) is 217 Å². The van der Waals surface area contributed by atoms with Crippen molar-refractivity contribution in [3.05, 3.63) is 0 Å². The molecule has 89 heavy (non-hydrogen) atoms. The largest absolute Gasteiger partial charge is 0.466 e. The van der Waals surface area contributed by atoms with Gasteiger partial charge < -0.3 is 44.1 Å². The number of carbonyl (C=O) groups is 5. The lowest BCUT2D eigenvalue weighted by Crippen LogP contribution is -2.47. The van der Waals surface area contributed by atoms with E-state index in [2.05, 4.69) is 47.3 Å². The van der Waals surface area contributed by atoms with Crippen molar-refractivity contribution in [2.75, 3.05) is 123 Å². The lowest BCUT2D eigenvalue weighted by Gasteiger charge is -2.34. The molecule has 18 nitrogen and oxygen atoms in total. The first-order chi connectivity index (χ1) is 43.1. The van der Waals surface area contributed by atoms with Gasteiger partial charge in [0.25, 0.3) is 0 Å². The van der Waals surface area contributed by atoms with Gasteiger partial charge >= 0.3 is 29.8 Å². The van der Waals surface area contributed by atoms with Crippen molar-refractivity contribution < 1.29 is 68.1 Å². The standard InChI is InChI=1S/C69H132N4O14S2/c1-7-48-83-65(78)35-25-17-13-21-33-63(76)55-73(56-64(77)34-22-14-18-26-36-66(79)84-49-8-2)41-30-51-88-89-52-47-71-44-42-70(43-45-71)46-50-85-67(80)39-29-40-72(53-61(74)31-23-15-19-27-37-68(81)86-57-59(9-3)10-4)54-62(75)32-24-16-20-28-38-69(82)87-58-60(11-5)12-6/h59-64,74-77H,7-58H2,1-6H3. The third-order valence-corrected chi connectivity index (χ3v) is 19.5. The van der Waals surface area contributed by atoms with Crippen LogP contribution in [0.5, 0.6) is 0 Å². The molecule has 1 heterocycles. The summed E-state index contributed by atoms with van der Waals surface area (Å²) < 4.78 is 27.0. The predicted molar refractivity (Wildman–Crippen MR) is 363 cm³/mol. The number of hydrogen-bond acceptors (Lipinski definition) is 20. The molecule has 0 spiro atoms. The molecular weight excluding hydrogens is 1170 g/mol. The molecule has 4 N–H and O–H groups in total. The minimum absolute atomic E-state index is 0.131. The molecule has 4 unspecified atom stereocenters. The van der Waals surface area contributed by atoms with E-state index in [9.17, 15) is 44.4 Å². The zero-order valence-electron chi connectivity index (χ0n) is 57.2. The van der Waals surface area contributed by atoms with Crippen LogP contribution in [0.2, 0.25) is 0 Å².